The van der Waals surface area contributed by atoms with Gasteiger partial charge in [-0.05, 0) is 57.8 Å². The first-order valence-corrected chi connectivity index (χ1v) is 24.3. The largest absolute Gasteiger partial charge is 0.394 e. The number of ether oxygens (including phenoxy) is 9. The van der Waals surface area contributed by atoms with Crippen LogP contribution in [-0.2, 0) is 57.0 Å². The van der Waals surface area contributed by atoms with Crippen molar-refractivity contribution in [3.8, 4) is 0 Å². The second-order valence-corrected chi connectivity index (χ2v) is 18.1. The van der Waals surface area contributed by atoms with Crippen LogP contribution in [0.25, 0.3) is 0 Å². The van der Waals surface area contributed by atoms with Crippen LogP contribution in [0, 0.1) is 5.92 Å². The Hall–Kier alpha value is -2.31. The Morgan fingerprint density at radius 1 is 0.551 bits per heavy atom. The second-order valence-electron chi connectivity index (χ2n) is 18.1. The topological polar surface area (TPSA) is 352 Å². The molecule has 69 heavy (non-hydrogen) atoms. The zero-order valence-corrected chi connectivity index (χ0v) is 40.5. The Morgan fingerprint density at radius 3 is 1.45 bits per heavy atom. The summed E-state index contributed by atoms with van der Waals surface area (Å²) in [6, 6.07) is -2.45. The number of hydrogen-bond acceptors (Lipinski definition) is 21. The third-order valence-corrected chi connectivity index (χ3v) is 12.1. The molecule has 0 bridgehead atoms. The van der Waals surface area contributed by atoms with Gasteiger partial charge in [0, 0.05) is 79.2 Å². The molecule has 0 saturated carbocycles. The van der Waals surface area contributed by atoms with Gasteiger partial charge in [0.1, 0.15) is 48.3 Å². The van der Waals surface area contributed by atoms with Crippen LogP contribution in [-0.4, -0.2) is 235 Å². The van der Waals surface area contributed by atoms with Crippen molar-refractivity contribution in [2.75, 3.05) is 85.9 Å². The number of amides is 3. The number of rotatable bonds is 34. The summed E-state index contributed by atoms with van der Waals surface area (Å²) in [4.78, 5) is 35.3. The first kappa shape index (κ1) is 61.0. The normalized spacial score (nSPS) is 32.3. The molecule has 0 aromatic heterocycles. The summed E-state index contributed by atoms with van der Waals surface area (Å²) in [6.45, 7) is 4.98. The average Bonchev–Trinajstić information content (AvgIpc) is 3.41. The minimum atomic E-state index is -1.73. The molecule has 24 nitrogen and oxygen atoms in total. The van der Waals surface area contributed by atoms with Crippen LogP contribution in [0.4, 0.5) is 0 Å². The first-order chi connectivity index (χ1) is 33.1. The fraction of sp³-hybridized carbons (Fsp3) is 0.933. The van der Waals surface area contributed by atoms with E-state index in [-0.39, 0.29) is 50.4 Å². The highest BCUT2D eigenvalue weighted by molar-refractivity contribution is 5.74. The summed E-state index contributed by atoms with van der Waals surface area (Å²) in [5.41, 5.74) is -1.73. The summed E-state index contributed by atoms with van der Waals surface area (Å²) in [7, 11) is 0. The molecule has 24 heteroatoms. The van der Waals surface area contributed by atoms with E-state index in [4.69, 9.17) is 42.6 Å². The molecule has 12 N–H and O–H groups in total. The minimum Gasteiger partial charge on any atom is -0.394 e. The molecule has 3 amide bonds. The number of nitrogens with one attached hydrogen (secondary N) is 3. The Labute approximate surface area is 404 Å². The van der Waals surface area contributed by atoms with E-state index >= 15 is 0 Å². The van der Waals surface area contributed by atoms with Gasteiger partial charge < -0.3 is 105 Å². The Bertz CT molecular complexity index is 1430. The number of hydrogen-bond donors (Lipinski definition) is 12. The van der Waals surface area contributed by atoms with E-state index in [9.17, 15) is 60.3 Å². The van der Waals surface area contributed by atoms with Crippen LogP contribution >= 0.6 is 0 Å². The molecule has 0 aromatic carbocycles. The quantitative estimate of drug-likeness (QED) is 0.0283. The third-order valence-electron chi connectivity index (χ3n) is 12.1. The molecule has 3 heterocycles. The van der Waals surface area contributed by atoms with Crippen molar-refractivity contribution in [1.29, 1.82) is 0 Å². The summed E-state index contributed by atoms with van der Waals surface area (Å²) < 4.78 is 52.7. The lowest BCUT2D eigenvalue weighted by molar-refractivity contribution is -0.277. The number of carbonyl (C=O) groups is 3. The summed E-state index contributed by atoms with van der Waals surface area (Å²) in [6.07, 6.45) is -5.28. The smallest absolute Gasteiger partial charge is 0.217 e. The molecule has 3 saturated heterocycles. The monoisotopic (exact) mass is 1000 g/mol. The molecule has 0 spiro atoms. The van der Waals surface area contributed by atoms with Crippen LogP contribution < -0.4 is 16.0 Å². The summed E-state index contributed by atoms with van der Waals surface area (Å²) in [5, 5.41) is 98.6. The van der Waals surface area contributed by atoms with E-state index in [2.05, 4.69) is 16.0 Å². The van der Waals surface area contributed by atoms with E-state index in [1.54, 1.807) is 0 Å². The van der Waals surface area contributed by atoms with Gasteiger partial charge in [0.25, 0.3) is 0 Å². The van der Waals surface area contributed by atoms with Crippen LogP contribution in [0.2, 0.25) is 0 Å². The van der Waals surface area contributed by atoms with E-state index in [0.717, 1.165) is 32.1 Å². The summed E-state index contributed by atoms with van der Waals surface area (Å²) >= 11 is 0. The number of aliphatic hydroxyl groups is 9. The van der Waals surface area contributed by atoms with Crippen molar-refractivity contribution in [1.82, 2.24) is 16.0 Å². The molecule has 3 fully saturated rings. The first-order valence-electron chi connectivity index (χ1n) is 24.3. The lowest BCUT2D eigenvalue weighted by Crippen LogP contribution is -2.64. The van der Waals surface area contributed by atoms with Crippen molar-refractivity contribution < 1.29 is 103 Å². The molecule has 0 radical (unpaired) electrons. The zero-order valence-electron chi connectivity index (χ0n) is 40.5. The molecule has 404 valence electrons. The SMILES string of the molecule is CC(=O)NC1CC(O)[C@@H](O)C(CO)O[C@H]1OCCCCCOCC(COCCCCCO[C@@H]1OC(CO)C(O)(CO)CC1NC(C)=O)COCCCCCO[C@@H]1OC(CO)[C@H](O)C(O)C1NC(C)=O. The maximum Gasteiger partial charge on any atom is 0.217 e. The molecule has 0 aliphatic carbocycles. The number of carbonyl (C=O) groups excluding carboxylic acids is 3. The van der Waals surface area contributed by atoms with Crippen molar-refractivity contribution in [3.05, 3.63) is 0 Å². The van der Waals surface area contributed by atoms with Crippen LogP contribution in [0.15, 0.2) is 0 Å². The van der Waals surface area contributed by atoms with Crippen LogP contribution in [0.1, 0.15) is 91.4 Å². The standard InChI is InChI=1S/C45H83N3O21/c1-28(53)46-32-19-34(56)39(57)35(21-49)67-42(32)64-16-10-4-7-13-61-24-31(26-63-15-9-6-12-18-66-44-38(48-30(3)55)41(59)40(58)36(22-50)68-44)25-62-14-8-5-11-17-65-43-33(47-29(2)54)20-45(60,27-52)37(23-51)69-43/h31-44,49-52,56-60H,4-27H2,1-3H3,(H,46,53)(H,47,54)(H,48,55)/t31?,32?,33?,34?,35?,36?,37?,38?,39-,40+,41?,42-,43-,44-,45?/m1/s1. The van der Waals surface area contributed by atoms with Gasteiger partial charge in [-0.3, -0.25) is 14.4 Å². The van der Waals surface area contributed by atoms with E-state index in [0.29, 0.717) is 65.3 Å². The maximum absolute atomic E-state index is 11.8. The molecule has 0 aromatic rings. The van der Waals surface area contributed by atoms with Gasteiger partial charge in [-0.25, -0.2) is 0 Å². The van der Waals surface area contributed by atoms with Gasteiger partial charge in [-0.2, -0.15) is 0 Å². The van der Waals surface area contributed by atoms with Gasteiger partial charge in [0.2, 0.25) is 17.7 Å². The highest BCUT2D eigenvalue weighted by Crippen LogP contribution is 2.30. The second kappa shape index (κ2) is 33.4. The molecular formula is C45H83N3O21. The number of unbranched alkanes of at least 4 members (excludes halogenated alkanes) is 6. The Balaban J connectivity index is 1.40. The molecule has 10 unspecified atom stereocenters. The predicted molar refractivity (Wildman–Crippen MR) is 241 cm³/mol. The van der Waals surface area contributed by atoms with Crippen LogP contribution in [0.3, 0.4) is 0 Å². The van der Waals surface area contributed by atoms with Gasteiger partial charge >= 0.3 is 0 Å². The van der Waals surface area contributed by atoms with Gasteiger partial charge in [-0.1, -0.05) is 0 Å². The molecule has 3 aliphatic heterocycles. The van der Waals surface area contributed by atoms with Crippen molar-refractivity contribution in [2.45, 2.75) is 177 Å². The lowest BCUT2D eigenvalue weighted by Gasteiger charge is -2.45. The minimum absolute atomic E-state index is 0.00822. The fourth-order valence-corrected chi connectivity index (χ4v) is 8.26. The predicted octanol–water partition coefficient (Wildman–Crippen LogP) is -3.17. The van der Waals surface area contributed by atoms with E-state index in [1.807, 2.05) is 0 Å². The molecule has 3 rings (SSSR count). The van der Waals surface area contributed by atoms with Gasteiger partial charge in [-0.15, -0.1) is 0 Å². The van der Waals surface area contributed by atoms with Gasteiger partial charge in [0.15, 0.2) is 18.9 Å². The molecular weight excluding hydrogens is 918 g/mol. The van der Waals surface area contributed by atoms with E-state index < -0.39 is 118 Å². The van der Waals surface area contributed by atoms with Gasteiger partial charge in [0.05, 0.1) is 64.4 Å². The highest BCUT2D eigenvalue weighted by atomic mass is 16.7. The zero-order chi connectivity index (χ0) is 50.8. The average molecular weight is 1000 g/mol. The Morgan fingerprint density at radius 2 is 0.986 bits per heavy atom. The third kappa shape index (κ3) is 21.7. The molecule has 15 atom stereocenters. The van der Waals surface area contributed by atoms with Crippen LogP contribution in [0.5, 0.6) is 0 Å². The summed E-state index contributed by atoms with van der Waals surface area (Å²) in [5.74, 6) is -1.22. The highest BCUT2D eigenvalue weighted by Gasteiger charge is 2.49. The lowest BCUT2D eigenvalue weighted by atomic mass is 9.86. The fourth-order valence-electron chi connectivity index (χ4n) is 8.26. The molecule has 3 aliphatic rings. The van der Waals surface area contributed by atoms with Crippen molar-refractivity contribution >= 4 is 17.7 Å². The number of aliphatic hydroxyl groups excluding tert-OH is 8. The Kier molecular flexibility index (Phi) is 29.5. The van der Waals surface area contributed by atoms with Crippen molar-refractivity contribution in [2.24, 2.45) is 5.92 Å². The van der Waals surface area contributed by atoms with Crippen molar-refractivity contribution in [3.63, 3.8) is 0 Å². The van der Waals surface area contributed by atoms with E-state index in [1.165, 1.54) is 20.8 Å². The maximum atomic E-state index is 11.8.